The van der Waals surface area contributed by atoms with Crippen molar-refractivity contribution < 1.29 is 19.8 Å². The molecule has 2 aliphatic rings. The van der Waals surface area contributed by atoms with Gasteiger partial charge in [-0.3, -0.25) is 14.5 Å². The molecular formula is C14H28N2O4. The van der Waals surface area contributed by atoms with E-state index in [-0.39, 0.29) is 43.3 Å². The minimum absolute atomic E-state index is 0. The molecular weight excluding hydrogens is 260 g/mol. The molecule has 0 aromatic carbocycles. The summed E-state index contributed by atoms with van der Waals surface area (Å²) in [7, 11) is 1.86. The summed E-state index contributed by atoms with van der Waals surface area (Å²) in [5.74, 6) is 0.269. The van der Waals surface area contributed by atoms with Gasteiger partial charge in [0.2, 0.25) is 0 Å². The van der Waals surface area contributed by atoms with Gasteiger partial charge in [-0.15, -0.1) is 0 Å². The molecule has 4 atom stereocenters. The van der Waals surface area contributed by atoms with E-state index in [0.717, 1.165) is 0 Å². The highest BCUT2D eigenvalue weighted by Crippen LogP contribution is 2.15. The highest BCUT2D eigenvalue weighted by atomic mass is 16.3. The summed E-state index contributed by atoms with van der Waals surface area (Å²) < 4.78 is 0. The Hall–Kier alpha value is -0.820. The van der Waals surface area contributed by atoms with E-state index in [4.69, 9.17) is 10.2 Å². The van der Waals surface area contributed by atoms with Crippen molar-refractivity contribution >= 4 is 11.6 Å². The third kappa shape index (κ3) is 5.66. The number of β-amino-alcohol motifs (C(OH)–C–C–N with tert-alkyl or cyclic N) is 2. The normalized spacial score (nSPS) is 33.0. The van der Waals surface area contributed by atoms with Crippen LogP contribution in [0, 0.1) is 0 Å². The lowest BCUT2D eigenvalue weighted by molar-refractivity contribution is -0.121. The molecule has 0 spiro atoms. The Kier molecular flexibility index (Phi) is 8.12. The number of carbonyl (C=O) groups is 2. The van der Waals surface area contributed by atoms with Crippen molar-refractivity contribution in [3.8, 4) is 0 Å². The topological polar surface area (TPSA) is 89.9 Å². The van der Waals surface area contributed by atoms with Crippen LogP contribution in [-0.2, 0) is 9.59 Å². The lowest BCUT2D eigenvalue weighted by atomic mass is 10.1. The molecule has 118 valence electrons. The van der Waals surface area contributed by atoms with Crippen molar-refractivity contribution in [2.75, 3.05) is 20.1 Å². The predicted octanol–water partition coefficient (Wildman–Crippen LogP) is -0.425. The largest absolute Gasteiger partial charge is 0.392 e. The van der Waals surface area contributed by atoms with Crippen molar-refractivity contribution in [3.63, 3.8) is 0 Å². The molecule has 2 saturated heterocycles. The number of nitrogens with zero attached hydrogens (tertiary/aromatic N) is 1. The number of ketones is 2. The molecule has 2 aliphatic heterocycles. The first-order valence-corrected chi connectivity index (χ1v) is 6.62. The van der Waals surface area contributed by atoms with E-state index >= 15 is 0 Å². The standard InChI is InChI=1S/C7H13NO2.C6H11NO2.CH4/c1-5(9)7-3-6(10)4-8(7)2;1-4(8)6-2-5(9)3-7-6;/h6-7,10H,3-4H2,1-2H3;5-7,9H,2-3H2,1H3;1H4. The zero-order valence-corrected chi connectivity index (χ0v) is 11.8. The van der Waals surface area contributed by atoms with Gasteiger partial charge in [-0.1, -0.05) is 7.43 Å². The molecule has 6 heteroatoms. The number of hydrogen-bond donors (Lipinski definition) is 3. The van der Waals surface area contributed by atoms with Crippen LogP contribution in [0.2, 0.25) is 0 Å². The fraction of sp³-hybridized carbons (Fsp3) is 0.857. The molecule has 20 heavy (non-hydrogen) atoms. The highest BCUT2D eigenvalue weighted by Gasteiger charge is 2.30. The van der Waals surface area contributed by atoms with Gasteiger partial charge in [0.05, 0.1) is 24.3 Å². The molecule has 0 aromatic heterocycles. The third-order valence-electron chi connectivity index (χ3n) is 3.59. The minimum Gasteiger partial charge on any atom is -0.392 e. The van der Waals surface area contributed by atoms with E-state index < -0.39 is 0 Å². The van der Waals surface area contributed by atoms with Gasteiger partial charge in [-0.25, -0.2) is 0 Å². The molecule has 0 amide bonds. The molecule has 0 saturated carbocycles. The first kappa shape index (κ1) is 19.2. The predicted molar refractivity (Wildman–Crippen MR) is 77.5 cm³/mol. The Labute approximate surface area is 121 Å². The zero-order valence-electron chi connectivity index (χ0n) is 11.8. The Morgan fingerprint density at radius 2 is 1.70 bits per heavy atom. The summed E-state index contributed by atoms with van der Waals surface area (Å²) in [6.07, 6.45) is 0.555. The van der Waals surface area contributed by atoms with Crippen LogP contribution < -0.4 is 5.32 Å². The van der Waals surface area contributed by atoms with Gasteiger partial charge >= 0.3 is 0 Å². The highest BCUT2D eigenvalue weighted by molar-refractivity contribution is 5.82. The van der Waals surface area contributed by atoms with E-state index in [0.29, 0.717) is 25.9 Å². The maximum Gasteiger partial charge on any atom is 0.146 e. The number of aliphatic hydroxyl groups excluding tert-OH is 2. The van der Waals surface area contributed by atoms with Crippen LogP contribution in [0.1, 0.15) is 34.1 Å². The second kappa shape index (κ2) is 8.46. The number of Topliss-reactive ketones (excluding diaryl/α,β-unsaturated/α-hetero) is 2. The Balaban J connectivity index is 0.000000345. The molecule has 0 aliphatic carbocycles. The molecule has 2 heterocycles. The maximum absolute atomic E-state index is 10.8. The lowest BCUT2D eigenvalue weighted by Gasteiger charge is -2.14. The number of aliphatic hydroxyl groups is 2. The second-order valence-corrected chi connectivity index (χ2v) is 5.42. The van der Waals surface area contributed by atoms with E-state index in [1.165, 1.54) is 6.92 Å². The van der Waals surface area contributed by atoms with Gasteiger partial charge < -0.3 is 15.5 Å². The van der Waals surface area contributed by atoms with E-state index in [1.807, 2.05) is 11.9 Å². The molecule has 0 bridgehead atoms. The summed E-state index contributed by atoms with van der Waals surface area (Å²) in [4.78, 5) is 23.4. The van der Waals surface area contributed by atoms with Crippen LogP contribution in [0.3, 0.4) is 0 Å². The first-order valence-electron chi connectivity index (χ1n) is 6.62. The van der Waals surface area contributed by atoms with Crippen molar-refractivity contribution in [1.29, 1.82) is 0 Å². The molecule has 2 fully saturated rings. The number of nitrogens with one attached hydrogen (secondary N) is 1. The lowest BCUT2D eigenvalue weighted by Crippen LogP contribution is -2.30. The molecule has 0 radical (unpaired) electrons. The van der Waals surface area contributed by atoms with Crippen molar-refractivity contribution in [2.45, 2.75) is 58.4 Å². The zero-order chi connectivity index (χ0) is 14.6. The van der Waals surface area contributed by atoms with Crippen LogP contribution in [0.5, 0.6) is 0 Å². The van der Waals surface area contributed by atoms with Gasteiger partial charge in [0, 0.05) is 13.1 Å². The average molecular weight is 288 g/mol. The SMILES string of the molecule is C.CC(=O)C1CC(O)CN1.CC(=O)C1CC(O)CN1C. The number of carbonyl (C=O) groups excluding carboxylic acids is 2. The number of likely N-dealkylation sites (N-methyl/N-ethyl adjacent to an activating group) is 1. The van der Waals surface area contributed by atoms with Crippen LogP contribution >= 0.6 is 0 Å². The summed E-state index contributed by atoms with van der Waals surface area (Å²) in [5.41, 5.74) is 0. The van der Waals surface area contributed by atoms with E-state index in [1.54, 1.807) is 6.92 Å². The van der Waals surface area contributed by atoms with E-state index in [2.05, 4.69) is 5.32 Å². The third-order valence-corrected chi connectivity index (χ3v) is 3.59. The molecule has 6 nitrogen and oxygen atoms in total. The number of hydrogen-bond acceptors (Lipinski definition) is 6. The smallest absolute Gasteiger partial charge is 0.146 e. The fourth-order valence-electron chi connectivity index (χ4n) is 2.47. The Morgan fingerprint density at radius 1 is 1.10 bits per heavy atom. The number of likely N-dealkylation sites (tertiary alicyclic amines) is 1. The van der Waals surface area contributed by atoms with Crippen molar-refractivity contribution in [1.82, 2.24) is 10.2 Å². The maximum atomic E-state index is 10.8. The Bertz CT molecular complexity index is 335. The van der Waals surface area contributed by atoms with Gasteiger partial charge in [-0.2, -0.15) is 0 Å². The van der Waals surface area contributed by atoms with Gasteiger partial charge in [0.15, 0.2) is 0 Å². The second-order valence-electron chi connectivity index (χ2n) is 5.42. The van der Waals surface area contributed by atoms with E-state index in [9.17, 15) is 9.59 Å². The quantitative estimate of drug-likeness (QED) is 0.639. The molecule has 2 rings (SSSR count). The first-order chi connectivity index (χ1) is 8.81. The van der Waals surface area contributed by atoms with Crippen molar-refractivity contribution in [3.05, 3.63) is 0 Å². The molecule has 4 unspecified atom stereocenters. The summed E-state index contributed by atoms with van der Waals surface area (Å²) in [6, 6.07) is -0.144. The van der Waals surface area contributed by atoms with Gasteiger partial charge in [0.1, 0.15) is 11.6 Å². The van der Waals surface area contributed by atoms with Crippen LogP contribution in [-0.4, -0.2) is 71.1 Å². The van der Waals surface area contributed by atoms with Crippen LogP contribution in [0.15, 0.2) is 0 Å². The average Bonchev–Trinajstić information content (AvgIpc) is 2.85. The van der Waals surface area contributed by atoms with Gasteiger partial charge in [-0.05, 0) is 33.7 Å². The number of rotatable bonds is 2. The summed E-state index contributed by atoms with van der Waals surface area (Å²) >= 11 is 0. The Morgan fingerprint density at radius 3 is 1.90 bits per heavy atom. The van der Waals surface area contributed by atoms with Crippen LogP contribution in [0.25, 0.3) is 0 Å². The van der Waals surface area contributed by atoms with Crippen molar-refractivity contribution in [2.24, 2.45) is 0 Å². The van der Waals surface area contributed by atoms with Crippen LogP contribution in [0.4, 0.5) is 0 Å². The summed E-state index contributed by atoms with van der Waals surface area (Å²) in [6.45, 7) is 4.30. The minimum atomic E-state index is -0.320. The van der Waals surface area contributed by atoms with Gasteiger partial charge in [0.25, 0.3) is 0 Å². The summed E-state index contributed by atoms with van der Waals surface area (Å²) in [5, 5.41) is 21.0. The molecule has 3 N–H and O–H groups in total. The molecule has 0 aromatic rings. The monoisotopic (exact) mass is 288 g/mol. The fourth-order valence-corrected chi connectivity index (χ4v) is 2.47.